The predicted molar refractivity (Wildman–Crippen MR) is 65.1 cm³/mol. The molecule has 0 aromatic heterocycles. The molecule has 10 heteroatoms. The Morgan fingerprint density at radius 2 is 1.55 bits per heavy atom. The lowest BCUT2D eigenvalue weighted by Gasteiger charge is -2.38. The van der Waals surface area contributed by atoms with Crippen LogP contribution in [-0.4, -0.2) is 30.7 Å². The first kappa shape index (κ1) is 17.9. The third kappa shape index (κ3) is 3.74. The zero-order valence-electron chi connectivity index (χ0n) is 11.2. The van der Waals surface area contributed by atoms with Crippen molar-refractivity contribution in [1.29, 1.82) is 0 Å². The number of alkyl carbamates (subject to hydrolysis) is 1. The predicted octanol–water partition coefficient (Wildman–Crippen LogP) is 3.67. The van der Waals surface area contributed by atoms with Crippen molar-refractivity contribution < 1.29 is 35.9 Å². The van der Waals surface area contributed by atoms with E-state index in [-0.39, 0.29) is 6.61 Å². The molecule has 0 aliphatic rings. The lowest BCUT2D eigenvalue weighted by atomic mass is 10.1. The maximum absolute atomic E-state index is 13.1. The van der Waals surface area contributed by atoms with Crippen LogP contribution in [0.1, 0.15) is 6.92 Å². The second-order valence-corrected chi connectivity index (χ2v) is 4.08. The Bertz CT molecular complexity index is 487. The summed E-state index contributed by atoms with van der Waals surface area (Å²) in [6, 6.07) is 5.89. The zero-order valence-corrected chi connectivity index (χ0v) is 11.2. The maximum atomic E-state index is 13.1. The van der Waals surface area contributed by atoms with Crippen molar-refractivity contribution >= 4 is 11.8 Å². The van der Waals surface area contributed by atoms with Crippen molar-refractivity contribution in [2.24, 2.45) is 0 Å². The number of carbonyl (C=O) groups is 1. The molecular weight excluding hydrogens is 318 g/mol. The van der Waals surface area contributed by atoms with Crippen molar-refractivity contribution in [2.45, 2.75) is 24.9 Å². The van der Waals surface area contributed by atoms with Crippen LogP contribution in [0.5, 0.6) is 0 Å². The van der Waals surface area contributed by atoms with Gasteiger partial charge >= 0.3 is 24.1 Å². The molecule has 0 radical (unpaired) electrons. The van der Waals surface area contributed by atoms with Gasteiger partial charge in [0, 0.05) is 5.69 Å². The highest BCUT2D eigenvalue weighted by molar-refractivity contribution is 5.69. The van der Waals surface area contributed by atoms with Crippen LogP contribution >= 0.6 is 0 Å². The highest BCUT2D eigenvalue weighted by Gasteiger charge is 2.73. The molecular formula is C12H12F6N2O2. The molecule has 1 amide bonds. The van der Waals surface area contributed by atoms with Crippen LogP contribution in [0.4, 0.5) is 36.8 Å². The van der Waals surface area contributed by atoms with Crippen LogP contribution < -0.4 is 10.6 Å². The fourth-order valence-corrected chi connectivity index (χ4v) is 1.53. The van der Waals surface area contributed by atoms with Crippen LogP contribution in [0, 0.1) is 0 Å². The van der Waals surface area contributed by atoms with E-state index < -0.39 is 29.8 Å². The van der Waals surface area contributed by atoms with Crippen LogP contribution in [0.2, 0.25) is 0 Å². The average Bonchev–Trinajstić information content (AvgIpc) is 2.36. The number of halogens is 6. The van der Waals surface area contributed by atoms with Gasteiger partial charge in [-0.2, -0.15) is 26.3 Å². The number of ether oxygens (including phenoxy) is 1. The lowest BCUT2D eigenvalue weighted by Crippen LogP contribution is -2.72. The van der Waals surface area contributed by atoms with Crippen molar-refractivity contribution in [1.82, 2.24) is 5.32 Å². The Labute approximate surface area is 121 Å². The van der Waals surface area contributed by atoms with E-state index in [0.29, 0.717) is 0 Å². The molecule has 0 aliphatic heterocycles. The summed E-state index contributed by atoms with van der Waals surface area (Å²) in [5.74, 6) is 0. The van der Waals surface area contributed by atoms with Gasteiger partial charge in [0.25, 0.3) is 0 Å². The first-order valence-corrected chi connectivity index (χ1v) is 5.95. The Morgan fingerprint density at radius 1 is 1.05 bits per heavy atom. The van der Waals surface area contributed by atoms with Crippen LogP contribution in [0.15, 0.2) is 30.3 Å². The lowest BCUT2D eigenvalue weighted by molar-refractivity contribution is -0.294. The molecule has 0 unspecified atom stereocenters. The van der Waals surface area contributed by atoms with E-state index in [2.05, 4.69) is 4.74 Å². The molecule has 0 fully saturated rings. The number of anilines is 1. The summed E-state index contributed by atoms with van der Waals surface area (Å²) < 4.78 is 82.8. The first-order valence-electron chi connectivity index (χ1n) is 5.95. The molecule has 1 aromatic rings. The molecule has 0 atom stereocenters. The van der Waals surface area contributed by atoms with Gasteiger partial charge in [-0.25, -0.2) is 4.79 Å². The molecule has 0 bridgehead atoms. The summed E-state index contributed by atoms with van der Waals surface area (Å²) in [5, 5.41) is 2.14. The standard InChI is InChI=1S/C12H12F6N2O2/c1-2-22-9(21)20-10(11(13,14)15,12(16,17)18)19-8-6-4-3-5-7-8/h3-7,19H,2H2,1H3,(H,20,21). The number of benzene rings is 1. The molecule has 0 saturated heterocycles. The van der Waals surface area contributed by atoms with E-state index in [1.54, 1.807) is 0 Å². The Hall–Kier alpha value is -2.13. The molecule has 124 valence electrons. The van der Waals surface area contributed by atoms with Gasteiger partial charge in [0.2, 0.25) is 0 Å². The molecule has 0 spiro atoms. The average molecular weight is 330 g/mol. The summed E-state index contributed by atoms with van der Waals surface area (Å²) in [5.41, 5.74) is -5.15. The molecule has 1 aromatic carbocycles. The second kappa shape index (κ2) is 6.32. The van der Waals surface area contributed by atoms with E-state index in [1.807, 2.05) is 0 Å². The van der Waals surface area contributed by atoms with E-state index in [9.17, 15) is 31.1 Å². The summed E-state index contributed by atoms with van der Waals surface area (Å²) >= 11 is 0. The van der Waals surface area contributed by atoms with Crippen molar-refractivity contribution in [3.63, 3.8) is 0 Å². The largest absolute Gasteiger partial charge is 0.450 e. The molecule has 1 rings (SSSR count). The van der Waals surface area contributed by atoms with E-state index >= 15 is 0 Å². The fourth-order valence-electron chi connectivity index (χ4n) is 1.53. The van der Waals surface area contributed by atoms with Crippen LogP contribution in [0.25, 0.3) is 0 Å². The van der Waals surface area contributed by atoms with E-state index in [1.165, 1.54) is 30.4 Å². The number of nitrogens with one attached hydrogen (secondary N) is 2. The van der Waals surface area contributed by atoms with Crippen LogP contribution in [0.3, 0.4) is 0 Å². The quantitative estimate of drug-likeness (QED) is 0.654. The second-order valence-electron chi connectivity index (χ2n) is 4.08. The Balaban J connectivity index is 3.30. The number of hydrogen-bond donors (Lipinski definition) is 2. The van der Waals surface area contributed by atoms with E-state index in [0.717, 1.165) is 17.4 Å². The SMILES string of the molecule is CCOC(=O)NC(Nc1ccccc1)(C(F)(F)F)C(F)(F)F. The van der Waals surface area contributed by atoms with Crippen molar-refractivity contribution in [2.75, 3.05) is 11.9 Å². The number of rotatable bonds is 4. The summed E-state index contributed by atoms with van der Waals surface area (Å²) in [6.07, 6.45) is -13.6. The van der Waals surface area contributed by atoms with Gasteiger partial charge in [0.15, 0.2) is 0 Å². The third-order valence-electron chi connectivity index (χ3n) is 2.52. The van der Waals surface area contributed by atoms with E-state index in [4.69, 9.17) is 0 Å². The van der Waals surface area contributed by atoms with Gasteiger partial charge in [-0.05, 0) is 19.1 Å². The van der Waals surface area contributed by atoms with Gasteiger partial charge in [-0.1, -0.05) is 18.2 Å². The highest BCUT2D eigenvalue weighted by atomic mass is 19.4. The molecule has 0 saturated carbocycles. The topological polar surface area (TPSA) is 50.4 Å². The van der Waals surface area contributed by atoms with Gasteiger partial charge in [0.1, 0.15) is 0 Å². The number of amides is 1. The number of alkyl halides is 6. The minimum Gasteiger partial charge on any atom is -0.450 e. The number of hydrogen-bond acceptors (Lipinski definition) is 3. The van der Waals surface area contributed by atoms with Crippen molar-refractivity contribution in [3.05, 3.63) is 30.3 Å². The molecule has 22 heavy (non-hydrogen) atoms. The smallest absolute Gasteiger partial charge is 0.439 e. The minimum absolute atomic E-state index is 0.386. The minimum atomic E-state index is -5.87. The molecule has 0 aliphatic carbocycles. The zero-order chi connectivity index (χ0) is 17.0. The van der Waals surface area contributed by atoms with Gasteiger partial charge in [0.05, 0.1) is 6.61 Å². The van der Waals surface area contributed by atoms with Gasteiger partial charge in [-0.3, -0.25) is 5.32 Å². The number of para-hydroxylation sites is 1. The maximum Gasteiger partial charge on any atom is 0.439 e. The Morgan fingerprint density at radius 3 is 1.95 bits per heavy atom. The monoisotopic (exact) mass is 330 g/mol. The summed E-state index contributed by atoms with van der Waals surface area (Å²) in [4.78, 5) is 11.2. The van der Waals surface area contributed by atoms with Gasteiger partial charge < -0.3 is 10.1 Å². The number of carbonyl (C=O) groups excluding carboxylic acids is 1. The highest BCUT2D eigenvalue weighted by Crippen LogP contribution is 2.43. The molecule has 0 heterocycles. The first-order chi connectivity index (χ1) is 10.0. The molecule has 2 N–H and O–H groups in total. The van der Waals surface area contributed by atoms with Crippen molar-refractivity contribution in [3.8, 4) is 0 Å². The normalized spacial score (nSPS) is 12.7. The summed E-state index contributed by atoms with van der Waals surface area (Å²) in [6.45, 7) is 0.857. The van der Waals surface area contributed by atoms with Gasteiger partial charge in [-0.15, -0.1) is 0 Å². The van der Waals surface area contributed by atoms with Crippen LogP contribution in [-0.2, 0) is 4.74 Å². The molecule has 4 nitrogen and oxygen atoms in total. The Kier molecular flexibility index (Phi) is 5.15. The summed E-state index contributed by atoms with van der Waals surface area (Å²) in [7, 11) is 0. The fraction of sp³-hybridized carbons (Fsp3) is 0.417. The third-order valence-corrected chi connectivity index (χ3v) is 2.52.